The highest BCUT2D eigenvalue weighted by atomic mass is 32.2. The van der Waals surface area contributed by atoms with Crippen molar-refractivity contribution in [3.05, 3.63) is 48.2 Å². The number of hydrogen-bond donors (Lipinski definition) is 1. The largest absolute Gasteiger partial charge is 0.469 e. The van der Waals surface area contributed by atoms with Crippen LogP contribution in [0.1, 0.15) is 18.9 Å². The zero-order valence-corrected chi connectivity index (χ0v) is 15.7. The number of hydrogen-bond acceptors (Lipinski definition) is 6. The number of nitrogens with zero attached hydrogens (tertiary/aromatic N) is 1. The van der Waals surface area contributed by atoms with Crippen LogP contribution in [-0.4, -0.2) is 32.2 Å². The highest BCUT2D eigenvalue weighted by Crippen LogP contribution is 2.27. The molecule has 2 rings (SSSR count). The summed E-state index contributed by atoms with van der Waals surface area (Å²) in [5.41, 5.74) is 1.45. The summed E-state index contributed by atoms with van der Waals surface area (Å²) in [4.78, 5) is 15.6. The van der Waals surface area contributed by atoms with Crippen LogP contribution in [0, 0.1) is 0 Å². The first-order chi connectivity index (χ1) is 12.0. The SMILES string of the molecule is CCc1ccc(S(=O)(=O)Nc2cccnc2SCCC(=O)OC)cc1. The van der Waals surface area contributed by atoms with E-state index in [1.54, 1.807) is 42.6 Å². The third-order valence-corrected chi connectivity index (χ3v) is 5.82. The summed E-state index contributed by atoms with van der Waals surface area (Å²) in [6, 6.07) is 10.1. The average molecular weight is 380 g/mol. The Morgan fingerprint density at radius 2 is 1.96 bits per heavy atom. The number of nitrogens with one attached hydrogen (secondary N) is 1. The van der Waals surface area contributed by atoms with Crippen LogP contribution in [0.25, 0.3) is 0 Å². The van der Waals surface area contributed by atoms with Gasteiger partial charge in [-0.1, -0.05) is 19.1 Å². The molecule has 0 aliphatic carbocycles. The van der Waals surface area contributed by atoms with Gasteiger partial charge < -0.3 is 4.74 Å². The molecule has 2 aromatic rings. The Kier molecular flexibility index (Phi) is 6.83. The molecule has 0 unspecified atom stereocenters. The van der Waals surface area contributed by atoms with Crippen LogP contribution >= 0.6 is 11.8 Å². The number of benzene rings is 1. The van der Waals surface area contributed by atoms with Crippen molar-refractivity contribution < 1.29 is 17.9 Å². The van der Waals surface area contributed by atoms with Gasteiger partial charge in [0.1, 0.15) is 5.03 Å². The lowest BCUT2D eigenvalue weighted by atomic mass is 10.2. The van der Waals surface area contributed by atoms with Gasteiger partial charge in [0.05, 0.1) is 24.1 Å². The van der Waals surface area contributed by atoms with E-state index in [0.717, 1.165) is 12.0 Å². The Bertz CT molecular complexity index is 821. The van der Waals surface area contributed by atoms with Crippen molar-refractivity contribution in [1.82, 2.24) is 4.98 Å². The fraction of sp³-hybridized carbons (Fsp3) is 0.294. The third kappa shape index (κ3) is 5.47. The van der Waals surface area contributed by atoms with Crippen molar-refractivity contribution in [2.45, 2.75) is 29.7 Å². The first kappa shape index (κ1) is 19.3. The quantitative estimate of drug-likeness (QED) is 0.559. The Morgan fingerprint density at radius 1 is 1.24 bits per heavy atom. The molecule has 0 atom stereocenters. The van der Waals surface area contributed by atoms with Crippen molar-refractivity contribution in [2.75, 3.05) is 17.6 Å². The molecule has 1 aromatic carbocycles. The van der Waals surface area contributed by atoms with Crippen molar-refractivity contribution >= 4 is 33.4 Å². The Hall–Kier alpha value is -2.06. The number of thioether (sulfide) groups is 1. The number of methoxy groups -OCH3 is 1. The number of esters is 1. The number of sulfonamides is 1. The molecule has 0 fully saturated rings. The molecule has 0 bridgehead atoms. The molecule has 0 aliphatic rings. The second-order valence-corrected chi connectivity index (χ2v) is 7.90. The molecule has 0 aliphatic heterocycles. The number of pyridine rings is 1. The molecule has 0 spiro atoms. The molecular weight excluding hydrogens is 360 g/mol. The Balaban J connectivity index is 2.14. The maximum absolute atomic E-state index is 12.6. The lowest BCUT2D eigenvalue weighted by Gasteiger charge is -2.11. The van der Waals surface area contributed by atoms with E-state index in [9.17, 15) is 13.2 Å². The average Bonchev–Trinajstić information content (AvgIpc) is 2.62. The second kappa shape index (κ2) is 8.87. The fourth-order valence-corrected chi connectivity index (χ4v) is 4.03. The number of carbonyl (C=O) groups is 1. The van der Waals surface area contributed by atoms with E-state index in [-0.39, 0.29) is 17.3 Å². The maximum atomic E-state index is 12.6. The van der Waals surface area contributed by atoms with Gasteiger partial charge in [0.15, 0.2) is 0 Å². The first-order valence-electron chi connectivity index (χ1n) is 7.72. The van der Waals surface area contributed by atoms with Crippen LogP contribution < -0.4 is 4.72 Å². The van der Waals surface area contributed by atoms with Crippen molar-refractivity contribution in [1.29, 1.82) is 0 Å². The van der Waals surface area contributed by atoms with E-state index in [1.165, 1.54) is 18.9 Å². The van der Waals surface area contributed by atoms with Crippen molar-refractivity contribution in [2.24, 2.45) is 0 Å². The smallest absolute Gasteiger partial charge is 0.306 e. The molecule has 0 radical (unpaired) electrons. The van der Waals surface area contributed by atoms with Gasteiger partial charge >= 0.3 is 5.97 Å². The van der Waals surface area contributed by atoms with Gasteiger partial charge in [0, 0.05) is 11.9 Å². The van der Waals surface area contributed by atoms with Gasteiger partial charge in [-0.05, 0) is 36.2 Å². The van der Waals surface area contributed by atoms with E-state index in [0.29, 0.717) is 16.5 Å². The zero-order chi connectivity index (χ0) is 18.3. The molecule has 1 N–H and O–H groups in total. The molecule has 0 amide bonds. The highest BCUT2D eigenvalue weighted by Gasteiger charge is 2.17. The summed E-state index contributed by atoms with van der Waals surface area (Å²) in [5, 5.41) is 0.514. The van der Waals surface area contributed by atoms with E-state index in [2.05, 4.69) is 14.4 Å². The third-order valence-electron chi connectivity index (χ3n) is 3.43. The van der Waals surface area contributed by atoms with Crippen molar-refractivity contribution in [3.63, 3.8) is 0 Å². The number of aryl methyl sites for hydroxylation is 1. The fourth-order valence-electron chi connectivity index (χ4n) is 2.02. The molecule has 0 saturated heterocycles. The van der Waals surface area contributed by atoms with Gasteiger partial charge in [-0.15, -0.1) is 11.8 Å². The highest BCUT2D eigenvalue weighted by molar-refractivity contribution is 7.99. The summed E-state index contributed by atoms with van der Waals surface area (Å²) in [7, 11) is -2.37. The molecule has 134 valence electrons. The van der Waals surface area contributed by atoms with Gasteiger partial charge in [0.2, 0.25) is 0 Å². The monoisotopic (exact) mass is 380 g/mol. The normalized spacial score (nSPS) is 11.1. The number of aromatic nitrogens is 1. The number of ether oxygens (including phenoxy) is 1. The summed E-state index contributed by atoms with van der Waals surface area (Å²) < 4.78 is 32.3. The van der Waals surface area contributed by atoms with E-state index < -0.39 is 10.0 Å². The Morgan fingerprint density at radius 3 is 2.60 bits per heavy atom. The predicted molar refractivity (Wildman–Crippen MR) is 98.2 cm³/mol. The number of anilines is 1. The minimum Gasteiger partial charge on any atom is -0.469 e. The van der Waals surface area contributed by atoms with Crippen LogP contribution in [0.5, 0.6) is 0 Å². The molecule has 8 heteroatoms. The molecule has 6 nitrogen and oxygen atoms in total. The van der Waals surface area contributed by atoms with E-state index >= 15 is 0 Å². The van der Waals surface area contributed by atoms with E-state index in [1.807, 2.05) is 6.92 Å². The summed E-state index contributed by atoms with van der Waals surface area (Å²) >= 11 is 1.29. The second-order valence-electron chi connectivity index (χ2n) is 5.13. The summed E-state index contributed by atoms with van der Waals surface area (Å²) in [6.07, 6.45) is 2.65. The summed E-state index contributed by atoms with van der Waals surface area (Å²) in [6.45, 7) is 2.01. The van der Waals surface area contributed by atoms with Crippen LogP contribution in [0.15, 0.2) is 52.5 Å². The minimum absolute atomic E-state index is 0.194. The molecule has 0 saturated carbocycles. The summed E-state index contributed by atoms with van der Waals surface area (Å²) in [5.74, 6) is 0.130. The molecule has 25 heavy (non-hydrogen) atoms. The number of rotatable bonds is 8. The van der Waals surface area contributed by atoms with Gasteiger partial charge in [-0.3, -0.25) is 9.52 Å². The van der Waals surface area contributed by atoms with E-state index in [4.69, 9.17) is 0 Å². The zero-order valence-electron chi connectivity index (χ0n) is 14.1. The van der Waals surface area contributed by atoms with Crippen LogP contribution in [0.2, 0.25) is 0 Å². The lowest BCUT2D eigenvalue weighted by molar-refractivity contribution is -0.140. The van der Waals surface area contributed by atoms with Gasteiger partial charge in [0.25, 0.3) is 10.0 Å². The minimum atomic E-state index is -3.70. The Labute approximate surface area is 152 Å². The lowest BCUT2D eigenvalue weighted by Crippen LogP contribution is -2.14. The molecular formula is C17H20N2O4S2. The van der Waals surface area contributed by atoms with Gasteiger partial charge in [-0.2, -0.15) is 0 Å². The van der Waals surface area contributed by atoms with Gasteiger partial charge in [-0.25, -0.2) is 13.4 Å². The van der Waals surface area contributed by atoms with Crippen LogP contribution in [0.3, 0.4) is 0 Å². The predicted octanol–water partition coefficient (Wildman–Crippen LogP) is 3.10. The molecule has 1 heterocycles. The number of carbonyl (C=O) groups excluding carboxylic acids is 1. The first-order valence-corrected chi connectivity index (χ1v) is 10.2. The molecule has 1 aromatic heterocycles. The van der Waals surface area contributed by atoms with Crippen LogP contribution in [0.4, 0.5) is 5.69 Å². The maximum Gasteiger partial charge on any atom is 0.306 e. The topological polar surface area (TPSA) is 85.4 Å². The standard InChI is InChI=1S/C17H20N2O4S2/c1-3-13-6-8-14(9-7-13)25(21,22)19-15-5-4-11-18-17(15)24-12-10-16(20)23-2/h4-9,11,19H,3,10,12H2,1-2H3. The van der Waals surface area contributed by atoms with Crippen molar-refractivity contribution in [3.8, 4) is 0 Å². The van der Waals surface area contributed by atoms with Crippen LogP contribution in [-0.2, 0) is 26.0 Å².